The van der Waals surface area contributed by atoms with Crippen LogP contribution in [-0.2, 0) is 28.6 Å². The average Bonchev–Trinajstić information content (AvgIpc) is 2.35. The van der Waals surface area contributed by atoms with Crippen LogP contribution in [-0.4, -0.2) is 37.2 Å². The van der Waals surface area contributed by atoms with Gasteiger partial charge in [0.1, 0.15) is 12.2 Å². The lowest BCUT2D eigenvalue weighted by Gasteiger charge is -2.17. The van der Waals surface area contributed by atoms with Gasteiger partial charge in [-0.1, -0.05) is 6.58 Å². The molecule has 106 valence electrons. The van der Waals surface area contributed by atoms with Gasteiger partial charge in [-0.15, -0.1) is 0 Å². The normalized spacial score (nSPS) is 13.4. The van der Waals surface area contributed by atoms with Gasteiger partial charge in [-0.3, -0.25) is 0 Å². The minimum Gasteiger partial charge on any atom is -0.466 e. The zero-order valence-electron chi connectivity index (χ0n) is 11.3. The van der Waals surface area contributed by atoms with Gasteiger partial charge in [-0.25, -0.2) is 14.4 Å². The molecule has 19 heavy (non-hydrogen) atoms. The SMILES string of the molecule is C=CC(=O)O[C@@H](C)C[C@H](C)OC(=O)/C=C/C(=O)OC. The molecule has 6 nitrogen and oxygen atoms in total. The number of hydrogen-bond acceptors (Lipinski definition) is 6. The van der Waals surface area contributed by atoms with Gasteiger partial charge in [0, 0.05) is 24.6 Å². The van der Waals surface area contributed by atoms with Crippen molar-refractivity contribution in [3.05, 3.63) is 24.8 Å². The zero-order chi connectivity index (χ0) is 14.8. The molecular formula is C13H18O6. The summed E-state index contributed by atoms with van der Waals surface area (Å²) in [5.41, 5.74) is 0. The smallest absolute Gasteiger partial charge is 0.331 e. The van der Waals surface area contributed by atoms with E-state index < -0.39 is 30.1 Å². The standard InChI is InChI=1S/C13H18O6/c1-5-11(14)18-9(2)8-10(3)19-13(16)7-6-12(15)17-4/h5-7,9-10H,1,8H2,2-4H3/b7-6+/t9-,10-/m0/s1. The molecule has 0 aromatic heterocycles. The van der Waals surface area contributed by atoms with E-state index in [1.165, 1.54) is 7.11 Å². The molecule has 0 aliphatic rings. The fourth-order valence-corrected chi connectivity index (χ4v) is 1.25. The summed E-state index contributed by atoms with van der Waals surface area (Å²) >= 11 is 0. The summed E-state index contributed by atoms with van der Waals surface area (Å²) in [6.07, 6.45) is 2.49. The summed E-state index contributed by atoms with van der Waals surface area (Å²) in [6, 6.07) is 0. The molecular weight excluding hydrogens is 252 g/mol. The predicted molar refractivity (Wildman–Crippen MR) is 67.1 cm³/mol. The molecule has 0 aliphatic heterocycles. The van der Waals surface area contributed by atoms with Crippen molar-refractivity contribution in [3.8, 4) is 0 Å². The second kappa shape index (κ2) is 8.91. The van der Waals surface area contributed by atoms with Crippen LogP contribution in [0.3, 0.4) is 0 Å². The van der Waals surface area contributed by atoms with E-state index in [-0.39, 0.29) is 0 Å². The van der Waals surface area contributed by atoms with Crippen molar-refractivity contribution in [1.29, 1.82) is 0 Å². The van der Waals surface area contributed by atoms with E-state index in [2.05, 4.69) is 11.3 Å². The van der Waals surface area contributed by atoms with Gasteiger partial charge in [0.15, 0.2) is 0 Å². The molecule has 0 N–H and O–H groups in total. The third-order valence-corrected chi connectivity index (χ3v) is 2.02. The van der Waals surface area contributed by atoms with Crippen LogP contribution in [0.25, 0.3) is 0 Å². The molecule has 0 unspecified atom stereocenters. The van der Waals surface area contributed by atoms with Crippen molar-refractivity contribution in [2.45, 2.75) is 32.5 Å². The maximum absolute atomic E-state index is 11.3. The summed E-state index contributed by atoms with van der Waals surface area (Å²) < 4.78 is 14.2. The van der Waals surface area contributed by atoms with Gasteiger partial charge < -0.3 is 14.2 Å². The average molecular weight is 270 g/mol. The maximum Gasteiger partial charge on any atom is 0.331 e. The Labute approximate surface area is 112 Å². The predicted octanol–water partition coefficient (Wildman–Crippen LogP) is 1.16. The van der Waals surface area contributed by atoms with Gasteiger partial charge >= 0.3 is 17.9 Å². The highest BCUT2D eigenvalue weighted by Crippen LogP contribution is 2.07. The first-order chi connectivity index (χ1) is 8.88. The lowest BCUT2D eigenvalue weighted by molar-refractivity contribution is -0.148. The Kier molecular flexibility index (Phi) is 7.92. The molecule has 0 fully saturated rings. The lowest BCUT2D eigenvalue weighted by Crippen LogP contribution is -2.22. The van der Waals surface area contributed by atoms with Crippen LogP contribution in [0, 0.1) is 0 Å². The molecule has 0 heterocycles. The third-order valence-electron chi connectivity index (χ3n) is 2.02. The van der Waals surface area contributed by atoms with Crippen LogP contribution in [0.5, 0.6) is 0 Å². The van der Waals surface area contributed by atoms with E-state index >= 15 is 0 Å². The molecule has 0 radical (unpaired) electrons. The second-order valence-electron chi connectivity index (χ2n) is 3.79. The molecule has 0 rings (SSSR count). The van der Waals surface area contributed by atoms with E-state index in [9.17, 15) is 14.4 Å². The van der Waals surface area contributed by atoms with Crippen molar-refractivity contribution in [3.63, 3.8) is 0 Å². The van der Waals surface area contributed by atoms with E-state index in [4.69, 9.17) is 9.47 Å². The van der Waals surface area contributed by atoms with E-state index in [0.717, 1.165) is 18.2 Å². The van der Waals surface area contributed by atoms with Crippen molar-refractivity contribution < 1.29 is 28.6 Å². The van der Waals surface area contributed by atoms with Crippen LogP contribution in [0.2, 0.25) is 0 Å². The lowest BCUT2D eigenvalue weighted by atomic mass is 10.2. The summed E-state index contributed by atoms with van der Waals surface area (Å²) in [4.78, 5) is 33.0. The Morgan fingerprint density at radius 1 is 1.00 bits per heavy atom. The number of esters is 3. The first kappa shape index (κ1) is 16.9. The summed E-state index contributed by atoms with van der Waals surface area (Å²) in [6.45, 7) is 6.61. The number of carbonyl (C=O) groups is 3. The quantitative estimate of drug-likeness (QED) is 0.392. The number of rotatable bonds is 7. The highest BCUT2D eigenvalue weighted by Gasteiger charge is 2.14. The van der Waals surface area contributed by atoms with Gasteiger partial charge in [0.2, 0.25) is 0 Å². The van der Waals surface area contributed by atoms with Crippen molar-refractivity contribution in [2.75, 3.05) is 7.11 Å². The first-order valence-electron chi connectivity index (χ1n) is 5.68. The minimum atomic E-state index is -0.667. The Morgan fingerprint density at radius 2 is 1.47 bits per heavy atom. The van der Waals surface area contributed by atoms with Crippen LogP contribution < -0.4 is 0 Å². The van der Waals surface area contributed by atoms with Crippen molar-refractivity contribution >= 4 is 17.9 Å². The Morgan fingerprint density at radius 3 is 1.95 bits per heavy atom. The number of carbonyl (C=O) groups excluding carboxylic acids is 3. The topological polar surface area (TPSA) is 78.9 Å². The van der Waals surface area contributed by atoms with Gasteiger partial charge in [-0.2, -0.15) is 0 Å². The Bertz CT molecular complexity index is 371. The molecule has 0 saturated heterocycles. The zero-order valence-corrected chi connectivity index (χ0v) is 11.3. The van der Waals surface area contributed by atoms with E-state index in [1.807, 2.05) is 0 Å². The molecule has 2 atom stereocenters. The highest BCUT2D eigenvalue weighted by atomic mass is 16.6. The van der Waals surface area contributed by atoms with Crippen molar-refractivity contribution in [2.24, 2.45) is 0 Å². The van der Waals surface area contributed by atoms with Crippen LogP contribution in [0.15, 0.2) is 24.8 Å². The molecule has 0 spiro atoms. The molecule has 0 aliphatic carbocycles. The second-order valence-corrected chi connectivity index (χ2v) is 3.79. The largest absolute Gasteiger partial charge is 0.466 e. The molecule has 0 aromatic carbocycles. The summed E-state index contributed by atoms with van der Waals surface area (Å²) in [5.74, 6) is -1.84. The fourth-order valence-electron chi connectivity index (χ4n) is 1.25. The van der Waals surface area contributed by atoms with E-state index in [0.29, 0.717) is 6.42 Å². The van der Waals surface area contributed by atoms with Crippen LogP contribution in [0.1, 0.15) is 20.3 Å². The van der Waals surface area contributed by atoms with Crippen LogP contribution >= 0.6 is 0 Å². The molecule has 0 aromatic rings. The van der Waals surface area contributed by atoms with Crippen molar-refractivity contribution in [1.82, 2.24) is 0 Å². The molecule has 0 bridgehead atoms. The van der Waals surface area contributed by atoms with Gasteiger partial charge in [-0.05, 0) is 13.8 Å². The number of hydrogen-bond donors (Lipinski definition) is 0. The van der Waals surface area contributed by atoms with Crippen LogP contribution in [0.4, 0.5) is 0 Å². The molecule has 6 heteroatoms. The fraction of sp³-hybridized carbons (Fsp3) is 0.462. The van der Waals surface area contributed by atoms with E-state index in [1.54, 1.807) is 13.8 Å². The minimum absolute atomic E-state index is 0.345. The van der Waals surface area contributed by atoms with Gasteiger partial charge in [0.25, 0.3) is 0 Å². The molecule has 0 saturated carbocycles. The first-order valence-corrected chi connectivity index (χ1v) is 5.68. The summed E-state index contributed by atoms with van der Waals surface area (Å²) in [5, 5.41) is 0. The summed E-state index contributed by atoms with van der Waals surface area (Å²) in [7, 11) is 1.20. The van der Waals surface area contributed by atoms with Gasteiger partial charge in [0.05, 0.1) is 7.11 Å². The highest BCUT2D eigenvalue weighted by molar-refractivity contribution is 5.91. The maximum atomic E-state index is 11.3. The Hall–Kier alpha value is -2.11. The third kappa shape index (κ3) is 8.59. The monoisotopic (exact) mass is 270 g/mol. The molecule has 0 amide bonds. The Balaban J connectivity index is 4.09. The number of ether oxygens (including phenoxy) is 3. The number of methoxy groups -OCH3 is 1.